The molecule has 0 saturated heterocycles. The summed E-state index contributed by atoms with van der Waals surface area (Å²) in [5, 5.41) is 12.9. The molecule has 4 rings (SSSR count). The number of hydrogen-bond acceptors (Lipinski definition) is 8. The lowest BCUT2D eigenvalue weighted by atomic mass is 10.1. The fraction of sp³-hybridized carbons (Fsp3) is 0.217. The maximum Gasteiger partial charge on any atom is 0.236 e. The van der Waals surface area contributed by atoms with Crippen LogP contribution in [0.2, 0.25) is 0 Å². The summed E-state index contributed by atoms with van der Waals surface area (Å²) in [6.45, 7) is 2.12. The van der Waals surface area contributed by atoms with Gasteiger partial charge >= 0.3 is 0 Å². The topological polar surface area (TPSA) is 102 Å². The van der Waals surface area contributed by atoms with Crippen LogP contribution in [0.25, 0.3) is 22.6 Å². The summed E-state index contributed by atoms with van der Waals surface area (Å²) < 4.78 is 10.7. The number of nitrogens with zero attached hydrogens (tertiary/aromatic N) is 3. The molecule has 0 radical (unpaired) electrons. The number of carbonyl (C=O) groups excluding carboxylic acids is 1. The normalized spacial score (nSPS) is 10.8. The molecule has 0 aliphatic carbocycles. The highest BCUT2D eigenvalue weighted by Gasteiger charge is 2.14. The molecule has 1 amide bonds. The van der Waals surface area contributed by atoms with Crippen LogP contribution < -0.4 is 14.8 Å². The molecule has 0 unspecified atom stereocenters. The van der Waals surface area contributed by atoms with Gasteiger partial charge in [0.2, 0.25) is 11.1 Å². The van der Waals surface area contributed by atoms with E-state index in [-0.39, 0.29) is 11.7 Å². The number of aromatic amines is 1. The summed E-state index contributed by atoms with van der Waals surface area (Å²) in [4.78, 5) is 21.4. The first kappa shape index (κ1) is 22.8. The predicted octanol–water partition coefficient (Wildman–Crippen LogP) is 4.91. The van der Waals surface area contributed by atoms with E-state index in [4.69, 9.17) is 9.47 Å². The van der Waals surface area contributed by atoms with Crippen LogP contribution >= 0.6 is 23.1 Å². The van der Waals surface area contributed by atoms with E-state index in [0.717, 1.165) is 23.2 Å². The number of rotatable bonds is 9. The van der Waals surface area contributed by atoms with E-state index < -0.39 is 0 Å². The Balaban J connectivity index is 1.35. The molecule has 10 heteroatoms. The maximum absolute atomic E-state index is 12.4. The predicted molar refractivity (Wildman–Crippen MR) is 131 cm³/mol. The van der Waals surface area contributed by atoms with Gasteiger partial charge < -0.3 is 14.8 Å². The molecule has 2 aromatic carbocycles. The number of methoxy groups -OCH3 is 2. The largest absolute Gasteiger partial charge is 0.497 e. The third kappa shape index (κ3) is 5.52. The van der Waals surface area contributed by atoms with Crippen molar-refractivity contribution in [3.8, 4) is 34.1 Å². The molecule has 0 spiro atoms. The van der Waals surface area contributed by atoms with E-state index in [2.05, 4.69) is 44.5 Å². The van der Waals surface area contributed by atoms with Gasteiger partial charge in [0.05, 0.1) is 25.7 Å². The SMILES string of the molecule is CCc1ccc(-c2nc(SCC(=O)Nc3nc(-c4ccc(OC)cc4OC)cs3)n[nH]2)cc1. The van der Waals surface area contributed by atoms with E-state index in [1.807, 2.05) is 29.6 Å². The molecular weight excluding hydrogens is 458 g/mol. The van der Waals surface area contributed by atoms with Crippen LogP contribution in [0.5, 0.6) is 11.5 Å². The van der Waals surface area contributed by atoms with Crippen molar-refractivity contribution in [2.75, 3.05) is 25.3 Å². The summed E-state index contributed by atoms with van der Waals surface area (Å²) in [5.74, 6) is 2.02. The number of ether oxygens (including phenoxy) is 2. The summed E-state index contributed by atoms with van der Waals surface area (Å²) >= 11 is 2.61. The van der Waals surface area contributed by atoms with Crippen LogP contribution in [-0.2, 0) is 11.2 Å². The number of benzene rings is 2. The van der Waals surface area contributed by atoms with Crippen LogP contribution in [0, 0.1) is 0 Å². The standard InChI is InChI=1S/C23H23N5O3S2/c1-4-14-5-7-15(8-6-14)21-26-23(28-27-21)33-13-20(29)25-22-24-18(12-32-22)17-10-9-16(30-2)11-19(17)31-3/h5-12H,4,13H2,1-3H3,(H,24,25,29)(H,26,27,28). The molecule has 0 bridgehead atoms. The molecule has 0 atom stereocenters. The van der Waals surface area contributed by atoms with Crippen molar-refractivity contribution in [2.45, 2.75) is 18.5 Å². The van der Waals surface area contributed by atoms with Gasteiger partial charge in [-0.1, -0.05) is 43.0 Å². The lowest BCUT2D eigenvalue weighted by Gasteiger charge is -2.08. The second kappa shape index (κ2) is 10.5. The van der Waals surface area contributed by atoms with Crippen molar-refractivity contribution in [2.24, 2.45) is 0 Å². The van der Waals surface area contributed by atoms with Gasteiger partial charge in [-0.2, -0.15) is 0 Å². The molecule has 0 fully saturated rings. The molecule has 2 aromatic heterocycles. The fourth-order valence-electron chi connectivity index (χ4n) is 3.09. The van der Waals surface area contributed by atoms with Crippen LogP contribution in [0.3, 0.4) is 0 Å². The minimum Gasteiger partial charge on any atom is -0.497 e. The molecule has 8 nitrogen and oxygen atoms in total. The highest BCUT2D eigenvalue weighted by Crippen LogP contribution is 2.34. The van der Waals surface area contributed by atoms with Crippen molar-refractivity contribution in [1.29, 1.82) is 0 Å². The lowest BCUT2D eigenvalue weighted by Crippen LogP contribution is -2.13. The Morgan fingerprint density at radius 1 is 1.12 bits per heavy atom. The molecule has 170 valence electrons. The van der Waals surface area contributed by atoms with Crippen molar-refractivity contribution >= 4 is 34.1 Å². The highest BCUT2D eigenvalue weighted by atomic mass is 32.2. The molecule has 2 N–H and O–H groups in total. The molecule has 33 heavy (non-hydrogen) atoms. The summed E-state index contributed by atoms with van der Waals surface area (Å²) in [6, 6.07) is 13.7. The van der Waals surface area contributed by atoms with Gasteiger partial charge in [-0.3, -0.25) is 9.89 Å². The number of amides is 1. The molecule has 0 aliphatic rings. The zero-order valence-electron chi connectivity index (χ0n) is 18.4. The van der Waals surface area contributed by atoms with Crippen LogP contribution in [0.4, 0.5) is 5.13 Å². The number of thioether (sulfide) groups is 1. The first-order chi connectivity index (χ1) is 16.1. The summed E-state index contributed by atoms with van der Waals surface area (Å²) in [7, 11) is 3.20. The zero-order valence-corrected chi connectivity index (χ0v) is 20.0. The van der Waals surface area contributed by atoms with Crippen molar-refractivity contribution in [1.82, 2.24) is 20.2 Å². The summed E-state index contributed by atoms with van der Waals surface area (Å²) in [5.41, 5.74) is 3.76. The number of aromatic nitrogens is 4. The van der Waals surface area contributed by atoms with Gasteiger partial charge in [0, 0.05) is 22.6 Å². The Morgan fingerprint density at radius 2 is 1.94 bits per heavy atom. The number of anilines is 1. The Morgan fingerprint density at radius 3 is 2.67 bits per heavy atom. The number of hydrogen-bond donors (Lipinski definition) is 2. The van der Waals surface area contributed by atoms with Gasteiger partial charge in [-0.05, 0) is 24.1 Å². The Labute approximate surface area is 199 Å². The van der Waals surface area contributed by atoms with Crippen LogP contribution in [0.1, 0.15) is 12.5 Å². The molecule has 0 aliphatic heterocycles. The third-order valence-electron chi connectivity index (χ3n) is 4.87. The second-order valence-electron chi connectivity index (χ2n) is 6.96. The van der Waals surface area contributed by atoms with E-state index in [1.54, 1.807) is 20.3 Å². The highest BCUT2D eigenvalue weighted by molar-refractivity contribution is 7.99. The molecule has 4 aromatic rings. The molecule has 2 heterocycles. The van der Waals surface area contributed by atoms with Gasteiger partial charge in [0.25, 0.3) is 0 Å². The van der Waals surface area contributed by atoms with E-state index >= 15 is 0 Å². The fourth-order valence-corrected chi connectivity index (χ4v) is 4.41. The smallest absolute Gasteiger partial charge is 0.236 e. The van der Waals surface area contributed by atoms with Crippen molar-refractivity contribution in [3.63, 3.8) is 0 Å². The lowest BCUT2D eigenvalue weighted by molar-refractivity contribution is -0.113. The number of nitrogens with one attached hydrogen (secondary N) is 2. The Kier molecular flexibility index (Phi) is 7.26. The zero-order chi connectivity index (χ0) is 23.2. The van der Waals surface area contributed by atoms with Crippen molar-refractivity contribution in [3.05, 3.63) is 53.4 Å². The molecule has 0 saturated carbocycles. The third-order valence-corrected chi connectivity index (χ3v) is 6.47. The first-order valence-corrected chi connectivity index (χ1v) is 12.1. The van der Waals surface area contributed by atoms with Gasteiger partial charge in [0.1, 0.15) is 11.5 Å². The monoisotopic (exact) mass is 481 g/mol. The minimum atomic E-state index is -0.179. The maximum atomic E-state index is 12.4. The van der Waals surface area contributed by atoms with Crippen molar-refractivity contribution < 1.29 is 14.3 Å². The number of thiazole rings is 1. The van der Waals surface area contributed by atoms with Gasteiger partial charge in [-0.25, -0.2) is 9.97 Å². The number of aryl methyl sites for hydroxylation is 1. The van der Waals surface area contributed by atoms with Crippen LogP contribution in [-0.4, -0.2) is 46.0 Å². The number of H-pyrrole nitrogens is 1. The van der Waals surface area contributed by atoms with Gasteiger partial charge in [0.15, 0.2) is 11.0 Å². The van der Waals surface area contributed by atoms with E-state index in [9.17, 15) is 4.79 Å². The Bertz CT molecular complexity index is 1240. The summed E-state index contributed by atoms with van der Waals surface area (Å²) in [6.07, 6.45) is 0.987. The van der Waals surface area contributed by atoms with Crippen LogP contribution in [0.15, 0.2) is 53.0 Å². The van der Waals surface area contributed by atoms with Gasteiger partial charge in [-0.15, -0.1) is 16.4 Å². The van der Waals surface area contributed by atoms with E-state index in [0.29, 0.717) is 27.6 Å². The minimum absolute atomic E-state index is 0.173. The average molecular weight is 482 g/mol. The first-order valence-electron chi connectivity index (χ1n) is 10.2. The van der Waals surface area contributed by atoms with E-state index in [1.165, 1.54) is 28.7 Å². The quantitative estimate of drug-likeness (QED) is 0.328. The average Bonchev–Trinajstić information content (AvgIpc) is 3.52. The second-order valence-corrected chi connectivity index (χ2v) is 8.76. The Hall–Kier alpha value is -3.37. The molecular formula is C23H23N5O3S2. The number of carbonyl (C=O) groups is 1.